The zero-order valence-electron chi connectivity index (χ0n) is 18.6. The molecule has 8 nitrogen and oxygen atoms in total. The minimum absolute atomic E-state index is 0.134. The van der Waals surface area contributed by atoms with E-state index in [9.17, 15) is 24.0 Å². The van der Waals surface area contributed by atoms with E-state index in [-0.39, 0.29) is 16.7 Å². The van der Waals surface area contributed by atoms with Crippen LogP contribution in [0.3, 0.4) is 0 Å². The van der Waals surface area contributed by atoms with Gasteiger partial charge in [-0.3, -0.25) is 19.2 Å². The summed E-state index contributed by atoms with van der Waals surface area (Å²) in [4.78, 5) is 65.7. The number of esters is 1. The number of benzene rings is 4. The van der Waals surface area contributed by atoms with E-state index in [0.29, 0.717) is 22.2 Å². The van der Waals surface area contributed by atoms with E-state index >= 15 is 0 Å². The van der Waals surface area contributed by atoms with E-state index < -0.39 is 36.3 Å². The molecule has 4 aromatic carbocycles. The van der Waals surface area contributed by atoms with Crippen molar-refractivity contribution in [2.75, 3.05) is 11.6 Å². The average Bonchev–Trinajstić information content (AvgIpc) is 3.15. The number of amides is 4. The first-order chi connectivity index (χ1) is 17.5. The highest BCUT2D eigenvalue weighted by Gasteiger charge is 2.36. The summed E-state index contributed by atoms with van der Waals surface area (Å²) in [6.45, 7) is -0.531. The third-order valence-electron chi connectivity index (χ3n) is 6.34. The molecule has 0 aliphatic carbocycles. The first-order valence-corrected chi connectivity index (χ1v) is 11.1. The molecule has 4 amide bonds. The molecular weight excluding hydrogens is 460 g/mol. The molecule has 2 heterocycles. The average molecular weight is 476 g/mol. The zero-order valence-corrected chi connectivity index (χ0v) is 18.6. The fourth-order valence-corrected chi connectivity index (χ4v) is 4.57. The Kier molecular flexibility index (Phi) is 4.75. The van der Waals surface area contributed by atoms with Crippen LogP contribution in [0.4, 0.5) is 5.69 Å². The van der Waals surface area contributed by atoms with Crippen LogP contribution in [0.5, 0.6) is 0 Å². The largest absolute Gasteiger partial charge is 0.440 e. The highest BCUT2D eigenvalue weighted by Crippen LogP contribution is 2.33. The van der Waals surface area contributed by atoms with Crippen molar-refractivity contribution < 1.29 is 28.7 Å². The molecule has 0 fully saturated rings. The SMILES string of the molecule is O=C(OCN1C(=O)c2ccccc2C1=O)c1ccc(N2C(=O)c3cccc4cccc(c34)C2=O)cc1. The number of imide groups is 2. The summed E-state index contributed by atoms with van der Waals surface area (Å²) in [5, 5.41) is 1.43. The van der Waals surface area contributed by atoms with Gasteiger partial charge in [0.15, 0.2) is 6.73 Å². The summed E-state index contributed by atoms with van der Waals surface area (Å²) in [6.07, 6.45) is 0. The molecular formula is C28H16N2O6. The number of fused-ring (bicyclic) bond motifs is 1. The van der Waals surface area contributed by atoms with E-state index in [0.717, 1.165) is 15.2 Å². The molecule has 0 unspecified atom stereocenters. The molecule has 36 heavy (non-hydrogen) atoms. The molecule has 0 atom stereocenters. The molecule has 0 radical (unpaired) electrons. The van der Waals surface area contributed by atoms with Gasteiger partial charge in [0.2, 0.25) is 0 Å². The van der Waals surface area contributed by atoms with Crippen molar-refractivity contribution in [1.29, 1.82) is 0 Å². The number of carbonyl (C=O) groups excluding carboxylic acids is 5. The van der Waals surface area contributed by atoms with Crippen LogP contribution in [-0.4, -0.2) is 41.2 Å². The molecule has 8 heteroatoms. The van der Waals surface area contributed by atoms with Crippen molar-refractivity contribution >= 4 is 46.1 Å². The van der Waals surface area contributed by atoms with Gasteiger partial charge < -0.3 is 4.74 Å². The van der Waals surface area contributed by atoms with Gasteiger partial charge in [-0.15, -0.1) is 0 Å². The minimum atomic E-state index is -0.760. The smallest absolute Gasteiger partial charge is 0.339 e. The molecule has 0 saturated heterocycles. The second-order valence-corrected chi connectivity index (χ2v) is 8.35. The Hall–Kier alpha value is -5.11. The summed E-state index contributed by atoms with van der Waals surface area (Å²) >= 11 is 0. The van der Waals surface area contributed by atoms with Crippen LogP contribution in [0.2, 0.25) is 0 Å². The van der Waals surface area contributed by atoms with Gasteiger partial charge in [0.05, 0.1) is 22.4 Å². The molecule has 4 aromatic rings. The summed E-state index contributed by atoms with van der Waals surface area (Å²) in [7, 11) is 0. The number of ether oxygens (including phenoxy) is 1. The molecule has 0 N–H and O–H groups in total. The zero-order chi connectivity index (χ0) is 25.0. The standard InChI is InChI=1S/C28H16N2O6/c31-24-19-7-1-2-8-20(19)25(32)29(24)15-36-28(35)17-11-13-18(14-12-17)30-26(33)21-9-3-5-16-6-4-10-22(23(16)21)27(30)34/h1-14H,15H2. The summed E-state index contributed by atoms with van der Waals surface area (Å²) in [5.41, 5.74) is 1.80. The van der Waals surface area contributed by atoms with Crippen LogP contribution < -0.4 is 4.90 Å². The number of anilines is 1. The third-order valence-corrected chi connectivity index (χ3v) is 6.34. The van der Waals surface area contributed by atoms with E-state index in [1.54, 1.807) is 36.4 Å². The predicted molar refractivity (Wildman–Crippen MR) is 129 cm³/mol. The fourth-order valence-electron chi connectivity index (χ4n) is 4.57. The topological polar surface area (TPSA) is 101 Å². The minimum Gasteiger partial charge on any atom is -0.440 e. The van der Waals surface area contributed by atoms with Crippen LogP contribution in [0.15, 0.2) is 84.9 Å². The second kappa shape index (κ2) is 7.99. The van der Waals surface area contributed by atoms with Crippen molar-refractivity contribution in [3.8, 4) is 0 Å². The molecule has 0 aromatic heterocycles. The fraction of sp³-hybridized carbons (Fsp3) is 0.0357. The number of hydrogen-bond donors (Lipinski definition) is 0. The van der Waals surface area contributed by atoms with Crippen molar-refractivity contribution in [3.05, 3.63) is 113 Å². The highest BCUT2D eigenvalue weighted by molar-refractivity contribution is 6.35. The number of nitrogens with zero attached hydrogens (tertiary/aromatic N) is 2. The van der Waals surface area contributed by atoms with E-state index in [4.69, 9.17) is 4.74 Å². The lowest BCUT2D eigenvalue weighted by molar-refractivity contribution is 0.0227. The first-order valence-electron chi connectivity index (χ1n) is 11.1. The lowest BCUT2D eigenvalue weighted by Gasteiger charge is -2.27. The van der Waals surface area contributed by atoms with Gasteiger partial charge in [0.1, 0.15) is 0 Å². The Morgan fingerprint density at radius 3 is 1.69 bits per heavy atom. The van der Waals surface area contributed by atoms with E-state index in [2.05, 4.69) is 0 Å². The Bertz CT molecular complexity index is 1550. The molecule has 2 aliphatic heterocycles. The van der Waals surface area contributed by atoms with Crippen LogP contribution in [0.1, 0.15) is 51.8 Å². The van der Waals surface area contributed by atoms with Crippen LogP contribution >= 0.6 is 0 Å². The van der Waals surface area contributed by atoms with Gasteiger partial charge in [-0.2, -0.15) is 0 Å². The first kappa shape index (κ1) is 21.4. The maximum atomic E-state index is 13.2. The molecule has 0 saturated carbocycles. The Morgan fingerprint density at radius 1 is 0.611 bits per heavy atom. The van der Waals surface area contributed by atoms with E-state index in [1.807, 2.05) is 12.1 Å². The van der Waals surface area contributed by atoms with Crippen molar-refractivity contribution in [3.63, 3.8) is 0 Å². The van der Waals surface area contributed by atoms with Gasteiger partial charge in [-0.05, 0) is 53.9 Å². The number of rotatable bonds is 4. The normalized spacial score (nSPS) is 14.4. The Morgan fingerprint density at radius 2 is 1.14 bits per heavy atom. The molecule has 0 bridgehead atoms. The maximum absolute atomic E-state index is 13.2. The van der Waals surface area contributed by atoms with Gasteiger partial charge in [-0.1, -0.05) is 36.4 Å². The van der Waals surface area contributed by atoms with Crippen LogP contribution in [0.25, 0.3) is 10.8 Å². The quantitative estimate of drug-likeness (QED) is 0.325. The number of hydrogen-bond acceptors (Lipinski definition) is 6. The summed E-state index contributed by atoms with van der Waals surface area (Å²) in [5.74, 6) is -2.73. The number of carbonyl (C=O) groups is 5. The van der Waals surface area contributed by atoms with Gasteiger partial charge in [0, 0.05) is 16.5 Å². The second-order valence-electron chi connectivity index (χ2n) is 8.35. The van der Waals surface area contributed by atoms with Crippen molar-refractivity contribution in [2.45, 2.75) is 0 Å². The molecule has 6 rings (SSSR count). The third kappa shape index (κ3) is 3.12. The Labute approximate surface area is 204 Å². The monoisotopic (exact) mass is 476 g/mol. The van der Waals surface area contributed by atoms with Gasteiger partial charge in [0.25, 0.3) is 23.6 Å². The molecule has 2 aliphatic rings. The molecule has 174 valence electrons. The summed E-state index contributed by atoms with van der Waals surface area (Å²) < 4.78 is 5.19. The van der Waals surface area contributed by atoms with Gasteiger partial charge in [-0.25, -0.2) is 14.6 Å². The van der Waals surface area contributed by atoms with Crippen LogP contribution in [0, 0.1) is 0 Å². The summed E-state index contributed by atoms with van der Waals surface area (Å²) in [6, 6.07) is 22.8. The lowest BCUT2D eigenvalue weighted by atomic mass is 9.94. The van der Waals surface area contributed by atoms with Gasteiger partial charge >= 0.3 is 5.97 Å². The Balaban J connectivity index is 1.20. The van der Waals surface area contributed by atoms with Crippen LogP contribution in [-0.2, 0) is 4.74 Å². The predicted octanol–water partition coefficient (Wildman–Crippen LogP) is 4.05. The highest BCUT2D eigenvalue weighted by atomic mass is 16.5. The van der Waals surface area contributed by atoms with Crippen molar-refractivity contribution in [1.82, 2.24) is 4.90 Å². The molecule has 0 spiro atoms. The lowest BCUT2D eigenvalue weighted by Crippen LogP contribution is -2.40. The maximum Gasteiger partial charge on any atom is 0.339 e. The van der Waals surface area contributed by atoms with E-state index in [1.165, 1.54) is 36.4 Å². The van der Waals surface area contributed by atoms with Crippen molar-refractivity contribution in [2.24, 2.45) is 0 Å².